The van der Waals surface area contributed by atoms with Gasteiger partial charge in [0, 0.05) is 55.1 Å². The van der Waals surface area contributed by atoms with Crippen LogP contribution in [0.1, 0.15) is 52.5 Å². The van der Waals surface area contributed by atoms with E-state index in [4.69, 9.17) is 9.72 Å². The Hall–Kier alpha value is -2.66. The fourth-order valence-corrected chi connectivity index (χ4v) is 4.53. The average molecular weight is 405 g/mol. The molecular formula is C25H32N4O. The second-order valence-corrected chi connectivity index (χ2v) is 8.48. The van der Waals surface area contributed by atoms with Crippen LogP contribution in [0.2, 0.25) is 0 Å². The van der Waals surface area contributed by atoms with Gasteiger partial charge in [0.2, 0.25) is 0 Å². The number of likely N-dealkylation sites (tertiary alicyclic amines) is 1. The third kappa shape index (κ3) is 4.57. The van der Waals surface area contributed by atoms with Crippen LogP contribution in [0, 0.1) is 13.8 Å². The summed E-state index contributed by atoms with van der Waals surface area (Å²) in [7, 11) is 3.75. The molecule has 0 amide bonds. The molecule has 1 saturated heterocycles. The van der Waals surface area contributed by atoms with Gasteiger partial charge in [-0.2, -0.15) is 5.10 Å². The number of nitrogens with zero attached hydrogens (tertiary/aromatic N) is 4. The lowest BCUT2D eigenvalue weighted by molar-refractivity contribution is 0.198. The van der Waals surface area contributed by atoms with E-state index in [1.807, 2.05) is 30.1 Å². The number of rotatable bonds is 6. The molecule has 5 heteroatoms. The first-order valence-electron chi connectivity index (χ1n) is 10.8. The second kappa shape index (κ2) is 9.00. The summed E-state index contributed by atoms with van der Waals surface area (Å²) in [5.74, 6) is 1.43. The van der Waals surface area contributed by atoms with E-state index >= 15 is 0 Å². The van der Waals surface area contributed by atoms with Crippen molar-refractivity contribution in [3.8, 4) is 5.75 Å². The van der Waals surface area contributed by atoms with E-state index in [9.17, 15) is 0 Å². The zero-order valence-electron chi connectivity index (χ0n) is 18.6. The van der Waals surface area contributed by atoms with E-state index in [0.717, 1.165) is 37.5 Å². The molecule has 0 aliphatic carbocycles. The fourth-order valence-electron chi connectivity index (χ4n) is 4.53. The molecule has 1 fully saturated rings. The monoisotopic (exact) mass is 404 g/mol. The zero-order valence-corrected chi connectivity index (χ0v) is 18.6. The van der Waals surface area contributed by atoms with Crippen LogP contribution in [0.3, 0.4) is 0 Å². The number of methoxy groups -OCH3 is 1. The Labute approximate surface area is 179 Å². The molecule has 2 aromatic heterocycles. The van der Waals surface area contributed by atoms with Crippen molar-refractivity contribution in [1.82, 2.24) is 19.7 Å². The van der Waals surface area contributed by atoms with Gasteiger partial charge in [0.1, 0.15) is 5.75 Å². The quantitative estimate of drug-likeness (QED) is 0.610. The lowest BCUT2D eigenvalue weighted by Crippen LogP contribution is -2.34. The molecule has 0 N–H and O–H groups in total. The second-order valence-electron chi connectivity index (χ2n) is 8.48. The van der Waals surface area contributed by atoms with Crippen molar-refractivity contribution in [2.24, 2.45) is 7.05 Å². The standard InChI is InChI=1S/C25H32N4O/c1-18-12-20(13-21-8-5-6-10-25(21)30-4)14-24(27-18)22-9-7-11-29(16-22)17-23-15-26-28(3)19(23)2/h5-6,8,10,12,14-15,22H,7,9,11,13,16-17H2,1-4H3/t22-/m1/s1. The van der Waals surface area contributed by atoms with Crippen LogP contribution < -0.4 is 4.74 Å². The smallest absolute Gasteiger partial charge is 0.122 e. The predicted molar refractivity (Wildman–Crippen MR) is 120 cm³/mol. The normalized spacial score (nSPS) is 17.3. The fraction of sp³-hybridized carbons (Fsp3) is 0.440. The highest BCUT2D eigenvalue weighted by atomic mass is 16.5. The Bertz CT molecular complexity index is 1010. The first-order valence-corrected chi connectivity index (χ1v) is 10.8. The Morgan fingerprint density at radius 3 is 2.73 bits per heavy atom. The molecule has 1 aliphatic rings. The van der Waals surface area contributed by atoms with Crippen molar-refractivity contribution in [3.63, 3.8) is 0 Å². The molecule has 1 aliphatic heterocycles. The van der Waals surface area contributed by atoms with Crippen molar-refractivity contribution in [2.75, 3.05) is 20.2 Å². The molecule has 3 heterocycles. The van der Waals surface area contributed by atoms with Crippen LogP contribution in [-0.4, -0.2) is 39.9 Å². The maximum atomic E-state index is 5.55. The van der Waals surface area contributed by atoms with E-state index in [-0.39, 0.29) is 0 Å². The molecule has 0 spiro atoms. The molecule has 0 unspecified atom stereocenters. The van der Waals surface area contributed by atoms with Gasteiger partial charge < -0.3 is 4.74 Å². The SMILES string of the molecule is COc1ccccc1Cc1cc(C)nc([C@@H]2CCCN(Cc3cnn(C)c3C)C2)c1. The summed E-state index contributed by atoms with van der Waals surface area (Å²) in [5, 5.41) is 4.40. The van der Waals surface area contributed by atoms with Crippen molar-refractivity contribution < 1.29 is 4.74 Å². The molecule has 0 bridgehead atoms. The summed E-state index contributed by atoms with van der Waals surface area (Å²) in [6.07, 6.45) is 5.29. The van der Waals surface area contributed by atoms with Crippen LogP contribution in [0.15, 0.2) is 42.6 Å². The molecular weight excluding hydrogens is 372 g/mol. The number of aromatic nitrogens is 3. The lowest BCUT2D eigenvalue weighted by Gasteiger charge is -2.32. The third-order valence-corrected chi connectivity index (χ3v) is 6.27. The number of hydrogen-bond acceptors (Lipinski definition) is 4. The molecule has 0 radical (unpaired) electrons. The summed E-state index contributed by atoms with van der Waals surface area (Å²) < 4.78 is 7.51. The van der Waals surface area contributed by atoms with Gasteiger partial charge in [-0.3, -0.25) is 14.6 Å². The Morgan fingerprint density at radius 2 is 1.97 bits per heavy atom. The number of hydrogen-bond donors (Lipinski definition) is 0. The van der Waals surface area contributed by atoms with Crippen molar-refractivity contribution in [1.29, 1.82) is 0 Å². The summed E-state index contributed by atoms with van der Waals surface area (Å²) in [5.41, 5.74) is 7.43. The Morgan fingerprint density at radius 1 is 1.13 bits per heavy atom. The van der Waals surface area contributed by atoms with Crippen LogP contribution in [0.5, 0.6) is 5.75 Å². The molecule has 30 heavy (non-hydrogen) atoms. The van der Waals surface area contributed by atoms with E-state index < -0.39 is 0 Å². The number of para-hydroxylation sites is 1. The highest BCUT2D eigenvalue weighted by Crippen LogP contribution is 2.29. The van der Waals surface area contributed by atoms with Crippen molar-refractivity contribution in [2.45, 2.75) is 45.6 Å². The van der Waals surface area contributed by atoms with Crippen LogP contribution in [0.4, 0.5) is 0 Å². The number of aryl methyl sites for hydroxylation is 2. The minimum atomic E-state index is 0.479. The summed E-state index contributed by atoms with van der Waals surface area (Å²) >= 11 is 0. The molecule has 3 aromatic rings. The van der Waals surface area contributed by atoms with Crippen LogP contribution in [-0.2, 0) is 20.0 Å². The highest BCUT2D eigenvalue weighted by molar-refractivity contribution is 5.38. The molecule has 5 nitrogen and oxygen atoms in total. The maximum absolute atomic E-state index is 5.55. The number of benzene rings is 1. The lowest BCUT2D eigenvalue weighted by atomic mass is 9.92. The van der Waals surface area contributed by atoms with Gasteiger partial charge >= 0.3 is 0 Å². The molecule has 0 saturated carbocycles. The summed E-state index contributed by atoms with van der Waals surface area (Å²) in [4.78, 5) is 7.49. The number of ether oxygens (including phenoxy) is 1. The minimum absolute atomic E-state index is 0.479. The van der Waals surface area contributed by atoms with Gasteiger partial charge in [-0.1, -0.05) is 18.2 Å². The van der Waals surface area contributed by atoms with Gasteiger partial charge in [-0.05, 0) is 62.6 Å². The van der Waals surface area contributed by atoms with Gasteiger partial charge in [-0.25, -0.2) is 0 Å². The maximum Gasteiger partial charge on any atom is 0.122 e. The van der Waals surface area contributed by atoms with Gasteiger partial charge in [-0.15, -0.1) is 0 Å². The molecule has 1 aromatic carbocycles. The highest BCUT2D eigenvalue weighted by Gasteiger charge is 2.24. The third-order valence-electron chi connectivity index (χ3n) is 6.27. The molecule has 158 valence electrons. The van der Waals surface area contributed by atoms with E-state index in [0.29, 0.717) is 5.92 Å². The topological polar surface area (TPSA) is 43.2 Å². The largest absolute Gasteiger partial charge is 0.496 e. The van der Waals surface area contributed by atoms with Gasteiger partial charge in [0.15, 0.2) is 0 Å². The summed E-state index contributed by atoms with van der Waals surface area (Å²) in [6, 6.07) is 12.8. The van der Waals surface area contributed by atoms with Crippen molar-refractivity contribution >= 4 is 0 Å². The van der Waals surface area contributed by atoms with E-state index in [1.54, 1.807) is 7.11 Å². The Kier molecular flexibility index (Phi) is 6.18. The average Bonchev–Trinajstić information content (AvgIpc) is 3.06. The number of pyridine rings is 1. The summed E-state index contributed by atoms with van der Waals surface area (Å²) in [6.45, 7) is 7.42. The van der Waals surface area contributed by atoms with Gasteiger partial charge in [0.25, 0.3) is 0 Å². The van der Waals surface area contributed by atoms with Gasteiger partial charge in [0.05, 0.1) is 13.3 Å². The predicted octanol–water partition coefficient (Wildman–Crippen LogP) is 4.41. The van der Waals surface area contributed by atoms with E-state index in [2.05, 4.69) is 48.1 Å². The van der Waals surface area contributed by atoms with E-state index in [1.165, 1.54) is 40.9 Å². The van der Waals surface area contributed by atoms with Crippen LogP contribution >= 0.6 is 0 Å². The molecule has 4 rings (SSSR count). The van der Waals surface area contributed by atoms with Crippen LogP contribution in [0.25, 0.3) is 0 Å². The van der Waals surface area contributed by atoms with Crippen molar-refractivity contribution in [3.05, 3.63) is 76.4 Å². The first kappa shape index (κ1) is 20.6. The first-order chi connectivity index (χ1) is 14.5. The molecule has 1 atom stereocenters. The number of piperidine rings is 1. The minimum Gasteiger partial charge on any atom is -0.496 e. The zero-order chi connectivity index (χ0) is 21.1. The Balaban J connectivity index is 1.51.